The number of rotatable bonds is 6. The lowest BCUT2D eigenvalue weighted by Gasteiger charge is -2.35. The van der Waals surface area contributed by atoms with Crippen molar-refractivity contribution in [3.8, 4) is 11.1 Å². The molecular weight excluding hydrogens is 601 g/mol. The minimum atomic E-state index is -2.21. The molecule has 0 bridgehead atoms. The Labute approximate surface area is 280 Å². The van der Waals surface area contributed by atoms with Crippen LogP contribution in [0.2, 0.25) is 26.2 Å². The maximum absolute atomic E-state index is 7.26. The van der Waals surface area contributed by atoms with Gasteiger partial charge in [0.15, 0.2) is 0 Å². The average Bonchev–Trinajstić information content (AvgIpc) is 3.09. The van der Waals surface area contributed by atoms with Crippen LogP contribution in [-0.2, 0) is 4.12 Å². The van der Waals surface area contributed by atoms with Crippen LogP contribution in [0.15, 0.2) is 152 Å². The van der Waals surface area contributed by atoms with Gasteiger partial charge in [-0.1, -0.05) is 152 Å². The summed E-state index contributed by atoms with van der Waals surface area (Å²) in [6.45, 7) is 9.42. The van der Waals surface area contributed by atoms with Crippen LogP contribution in [-0.4, -0.2) is 16.6 Å². The van der Waals surface area contributed by atoms with Crippen LogP contribution in [0.25, 0.3) is 44.3 Å². The third-order valence-electron chi connectivity index (χ3n) is 10.2. The normalized spacial score (nSPS) is 17.4. The molecule has 0 aliphatic heterocycles. The molecule has 0 radical (unpaired) electrons. The smallest absolute Gasteiger partial charge is 0.206 e. The van der Waals surface area contributed by atoms with Gasteiger partial charge in [0.1, 0.15) is 0 Å². The van der Waals surface area contributed by atoms with Gasteiger partial charge in [0.05, 0.1) is 0 Å². The molecule has 0 heterocycles. The summed E-state index contributed by atoms with van der Waals surface area (Å²) in [4.78, 5) is 0. The molecule has 0 saturated carbocycles. The fraction of sp³-hybridized carbons (Fsp3) is 0.136. The molecule has 0 saturated heterocycles. The predicted octanol–water partition coefficient (Wildman–Crippen LogP) is 8.55. The Bertz CT molecular complexity index is 2270. The zero-order valence-electron chi connectivity index (χ0n) is 27.6. The molecule has 0 aromatic heterocycles. The van der Waals surface area contributed by atoms with Crippen molar-refractivity contribution in [1.82, 2.24) is 0 Å². The number of allylic oxidation sites excluding steroid dienone is 4. The second-order valence-corrected chi connectivity index (χ2v) is 22.0. The van der Waals surface area contributed by atoms with Crippen molar-refractivity contribution in [2.24, 2.45) is 11.8 Å². The van der Waals surface area contributed by atoms with E-state index in [1.807, 2.05) is 0 Å². The van der Waals surface area contributed by atoms with Crippen molar-refractivity contribution in [2.45, 2.75) is 26.2 Å². The van der Waals surface area contributed by atoms with E-state index in [1.165, 1.54) is 64.6 Å². The minimum absolute atomic E-state index is 0.364. The zero-order chi connectivity index (χ0) is 32.2. The lowest BCUT2D eigenvalue weighted by atomic mass is 9.75. The zero-order valence-corrected chi connectivity index (χ0v) is 29.6. The Hall–Kier alpha value is -4.55. The van der Waals surface area contributed by atoms with Gasteiger partial charge in [0.25, 0.3) is 0 Å². The Balaban J connectivity index is 1.09. The summed E-state index contributed by atoms with van der Waals surface area (Å²) in [5.41, 5.74) is 5.29. The summed E-state index contributed by atoms with van der Waals surface area (Å²) in [6.07, 6.45) is 11.5. The summed E-state index contributed by atoms with van der Waals surface area (Å²) in [5, 5.41) is 10.5. The van der Waals surface area contributed by atoms with Gasteiger partial charge in [0.2, 0.25) is 16.6 Å². The van der Waals surface area contributed by atoms with E-state index in [4.69, 9.17) is 4.12 Å². The Kier molecular flexibility index (Phi) is 7.37. The third-order valence-corrected chi connectivity index (χ3v) is 17.7. The second-order valence-electron chi connectivity index (χ2n) is 14.0. The highest BCUT2D eigenvalue weighted by atomic mass is 28.4. The lowest BCUT2D eigenvalue weighted by Crippen LogP contribution is -2.57. The summed E-state index contributed by atoms with van der Waals surface area (Å²) in [7, 11) is -4.41. The number of benzene rings is 6. The first-order valence-corrected chi connectivity index (χ1v) is 22.6. The molecule has 2 atom stereocenters. The van der Waals surface area contributed by atoms with E-state index >= 15 is 0 Å². The molecule has 230 valence electrons. The first-order chi connectivity index (χ1) is 22.8. The van der Waals surface area contributed by atoms with Crippen LogP contribution in [0.3, 0.4) is 0 Å². The Morgan fingerprint density at radius 2 is 1.06 bits per heavy atom. The molecule has 0 fully saturated rings. The summed E-state index contributed by atoms with van der Waals surface area (Å²) in [6, 6.07) is 47.2. The Morgan fingerprint density at radius 1 is 0.532 bits per heavy atom. The Morgan fingerprint density at radius 3 is 1.70 bits per heavy atom. The summed E-state index contributed by atoms with van der Waals surface area (Å²) >= 11 is 0. The van der Waals surface area contributed by atoms with E-state index in [0.29, 0.717) is 11.8 Å². The molecule has 0 amide bonds. The third kappa shape index (κ3) is 5.39. The van der Waals surface area contributed by atoms with Crippen LogP contribution in [0.4, 0.5) is 0 Å². The first-order valence-electron chi connectivity index (χ1n) is 16.8. The first kappa shape index (κ1) is 29.8. The van der Waals surface area contributed by atoms with E-state index in [9.17, 15) is 0 Å². The molecule has 0 N–H and O–H groups in total. The molecule has 1 nitrogen and oxygen atoms in total. The van der Waals surface area contributed by atoms with Gasteiger partial charge in [-0.05, 0) is 96.9 Å². The maximum atomic E-state index is 7.26. The van der Waals surface area contributed by atoms with Gasteiger partial charge < -0.3 is 4.12 Å². The molecule has 2 aliphatic rings. The van der Waals surface area contributed by atoms with Crippen molar-refractivity contribution in [1.29, 1.82) is 0 Å². The van der Waals surface area contributed by atoms with E-state index in [-0.39, 0.29) is 0 Å². The van der Waals surface area contributed by atoms with Crippen molar-refractivity contribution in [2.75, 3.05) is 0 Å². The number of hydrogen-bond acceptors (Lipinski definition) is 1. The van der Waals surface area contributed by atoms with Gasteiger partial charge in [0, 0.05) is 11.8 Å². The number of fused-ring (bicyclic) bond motifs is 4. The molecule has 6 aromatic rings. The van der Waals surface area contributed by atoms with Crippen LogP contribution in [0.1, 0.15) is 5.56 Å². The molecule has 2 unspecified atom stereocenters. The van der Waals surface area contributed by atoms with E-state index in [1.54, 1.807) is 0 Å². The van der Waals surface area contributed by atoms with Crippen molar-refractivity contribution >= 4 is 60.2 Å². The predicted molar refractivity (Wildman–Crippen MR) is 207 cm³/mol. The highest BCUT2D eigenvalue weighted by Gasteiger charge is 2.36. The minimum Gasteiger partial charge on any atom is -0.449 e. The van der Waals surface area contributed by atoms with Gasteiger partial charge in [-0.15, -0.1) is 0 Å². The molecule has 3 heteroatoms. The van der Waals surface area contributed by atoms with Gasteiger partial charge in [-0.25, -0.2) is 0 Å². The standard InChI is InChI=1S/C44H40OSi2/c1-46(2,37-25-21-31(22-26-37)43-39-17-9-5-13-33(39)29-34-14-6-10-18-40(34)43)45-47(3,4)38-27-23-32(24-28-38)44-41-19-11-7-15-35(41)30-36-16-8-12-20-42(36)44/h5-30,33,39H,1-4H3. The SMILES string of the molecule is C[Si](C)(O[Si](C)(C)c1ccc(-c2c3ccccc3cc3ccccc23)cc1)c1ccc(C2=c3ccccc3=CC3C=CC=CC23)cc1. The van der Waals surface area contributed by atoms with Gasteiger partial charge in [-0.2, -0.15) is 0 Å². The highest BCUT2D eigenvalue weighted by molar-refractivity contribution is 6.96. The van der Waals surface area contributed by atoms with Crippen molar-refractivity contribution < 1.29 is 4.12 Å². The quantitative estimate of drug-likeness (QED) is 0.131. The average molecular weight is 641 g/mol. The van der Waals surface area contributed by atoms with Gasteiger partial charge in [-0.3, -0.25) is 0 Å². The summed E-state index contributed by atoms with van der Waals surface area (Å²) < 4.78 is 7.26. The largest absolute Gasteiger partial charge is 0.449 e. The van der Waals surface area contributed by atoms with E-state index in [2.05, 4.69) is 184 Å². The summed E-state index contributed by atoms with van der Waals surface area (Å²) in [5.74, 6) is 0.764. The van der Waals surface area contributed by atoms with Crippen LogP contribution in [0.5, 0.6) is 0 Å². The lowest BCUT2D eigenvalue weighted by molar-refractivity contribution is 0.573. The fourth-order valence-electron chi connectivity index (χ4n) is 7.86. The van der Waals surface area contributed by atoms with Crippen molar-refractivity contribution in [3.05, 3.63) is 168 Å². The molecule has 0 spiro atoms. The fourth-order valence-corrected chi connectivity index (χ4v) is 15.8. The van der Waals surface area contributed by atoms with Crippen LogP contribution in [0, 0.1) is 11.8 Å². The van der Waals surface area contributed by atoms with Crippen molar-refractivity contribution in [3.63, 3.8) is 0 Å². The van der Waals surface area contributed by atoms with Crippen LogP contribution >= 0.6 is 0 Å². The van der Waals surface area contributed by atoms with Crippen LogP contribution < -0.4 is 20.8 Å². The van der Waals surface area contributed by atoms with Gasteiger partial charge >= 0.3 is 0 Å². The highest BCUT2D eigenvalue weighted by Crippen LogP contribution is 2.37. The molecule has 8 rings (SSSR count). The number of hydrogen-bond donors (Lipinski definition) is 0. The van der Waals surface area contributed by atoms with E-state index < -0.39 is 16.6 Å². The topological polar surface area (TPSA) is 9.23 Å². The second kappa shape index (κ2) is 11.6. The molecular formula is C44H40OSi2. The molecule has 6 aromatic carbocycles. The molecule has 47 heavy (non-hydrogen) atoms. The monoisotopic (exact) mass is 640 g/mol. The van der Waals surface area contributed by atoms with E-state index in [0.717, 1.165) is 0 Å². The molecule has 2 aliphatic carbocycles. The maximum Gasteiger partial charge on any atom is 0.206 e.